The Balaban J connectivity index is 3.53. The van der Waals surface area contributed by atoms with Crippen LogP contribution in [0.4, 0.5) is 0 Å². The minimum Gasteiger partial charge on any atom is -0.396 e. The summed E-state index contributed by atoms with van der Waals surface area (Å²) in [5.74, 6) is 0. The van der Waals surface area contributed by atoms with Gasteiger partial charge in [-0.25, -0.2) is 0 Å². The first-order valence-corrected chi connectivity index (χ1v) is 9.70. The maximum Gasteiger partial charge on any atom is 0.0808 e. The third-order valence-electron chi connectivity index (χ3n) is 5.12. The largest absolute Gasteiger partial charge is 0.396 e. The van der Waals surface area contributed by atoms with Crippen molar-refractivity contribution in [1.82, 2.24) is 0 Å². The van der Waals surface area contributed by atoms with E-state index in [4.69, 9.17) is 5.11 Å². The predicted octanol–water partition coefficient (Wildman–Crippen LogP) is 5.15. The highest BCUT2D eigenvalue weighted by Crippen LogP contribution is 2.14. The number of rotatable bonds is 16. The van der Waals surface area contributed by atoms with Crippen molar-refractivity contribution in [2.75, 3.05) is 32.8 Å². The van der Waals surface area contributed by atoms with Crippen LogP contribution in [0.25, 0.3) is 0 Å². The van der Waals surface area contributed by atoms with Gasteiger partial charge < -0.3 is 9.59 Å². The van der Waals surface area contributed by atoms with Crippen molar-refractivity contribution >= 4 is 0 Å². The summed E-state index contributed by atoms with van der Waals surface area (Å²) in [6.07, 6.45) is 15.1. The van der Waals surface area contributed by atoms with Crippen LogP contribution in [-0.4, -0.2) is 42.4 Å². The van der Waals surface area contributed by atoms with Crippen LogP contribution in [0.2, 0.25) is 0 Å². The molecule has 0 rings (SSSR count). The van der Waals surface area contributed by atoms with Gasteiger partial charge in [-0.15, -0.1) is 0 Å². The van der Waals surface area contributed by atoms with E-state index in [0.717, 1.165) is 13.0 Å². The predicted molar refractivity (Wildman–Crippen MR) is 94.6 cm³/mol. The quantitative estimate of drug-likeness (QED) is 0.309. The fraction of sp³-hybridized carbons (Fsp3) is 1.00. The molecule has 0 saturated heterocycles. The summed E-state index contributed by atoms with van der Waals surface area (Å²) in [6, 6.07) is 0. The fourth-order valence-electron chi connectivity index (χ4n) is 3.31. The van der Waals surface area contributed by atoms with Gasteiger partial charge in [-0.05, 0) is 26.7 Å². The zero-order valence-corrected chi connectivity index (χ0v) is 15.2. The van der Waals surface area contributed by atoms with Crippen LogP contribution in [0.15, 0.2) is 0 Å². The first-order valence-electron chi connectivity index (χ1n) is 9.70. The van der Waals surface area contributed by atoms with Gasteiger partial charge in [0.25, 0.3) is 0 Å². The molecule has 0 aliphatic rings. The third-order valence-corrected chi connectivity index (χ3v) is 5.12. The van der Waals surface area contributed by atoms with Crippen molar-refractivity contribution in [2.45, 2.75) is 91.4 Å². The molecular weight excluding hydrogens is 258 g/mol. The minimum atomic E-state index is 0.345. The van der Waals surface area contributed by atoms with Crippen LogP contribution < -0.4 is 0 Å². The van der Waals surface area contributed by atoms with Gasteiger partial charge in [-0.3, -0.25) is 0 Å². The van der Waals surface area contributed by atoms with Gasteiger partial charge in [-0.2, -0.15) is 0 Å². The highest BCUT2D eigenvalue weighted by Gasteiger charge is 2.21. The molecule has 0 radical (unpaired) electrons. The van der Waals surface area contributed by atoms with Crippen LogP contribution in [0.3, 0.4) is 0 Å². The Morgan fingerprint density at radius 3 is 1.43 bits per heavy atom. The molecule has 0 amide bonds. The smallest absolute Gasteiger partial charge is 0.0808 e. The van der Waals surface area contributed by atoms with Gasteiger partial charge in [0.2, 0.25) is 0 Å². The molecule has 2 nitrogen and oxygen atoms in total. The van der Waals surface area contributed by atoms with E-state index in [2.05, 4.69) is 20.8 Å². The monoisotopic (exact) mass is 300 g/mol. The van der Waals surface area contributed by atoms with Gasteiger partial charge in [0, 0.05) is 13.0 Å². The van der Waals surface area contributed by atoms with Crippen molar-refractivity contribution in [3.63, 3.8) is 0 Å². The Labute approximate surface area is 134 Å². The summed E-state index contributed by atoms with van der Waals surface area (Å²) in [5.41, 5.74) is 0. The highest BCUT2D eigenvalue weighted by molar-refractivity contribution is 4.49. The fourth-order valence-corrected chi connectivity index (χ4v) is 3.31. The van der Waals surface area contributed by atoms with E-state index in [9.17, 15) is 0 Å². The molecule has 0 aromatic carbocycles. The lowest BCUT2D eigenvalue weighted by molar-refractivity contribution is -0.925. The number of aliphatic hydroxyl groups is 1. The van der Waals surface area contributed by atoms with E-state index >= 15 is 0 Å². The second-order valence-electron chi connectivity index (χ2n) is 6.68. The summed E-state index contributed by atoms with van der Waals surface area (Å²) in [6.45, 7) is 12.1. The van der Waals surface area contributed by atoms with E-state index in [-0.39, 0.29) is 0 Å². The Kier molecular flexibility index (Phi) is 14.8. The van der Waals surface area contributed by atoms with Crippen molar-refractivity contribution < 1.29 is 9.59 Å². The van der Waals surface area contributed by atoms with E-state index in [0.29, 0.717) is 6.61 Å². The lowest BCUT2D eigenvalue weighted by Gasteiger charge is -2.37. The van der Waals surface area contributed by atoms with Crippen LogP contribution in [0.5, 0.6) is 0 Å². The maximum atomic E-state index is 9.06. The van der Waals surface area contributed by atoms with Crippen molar-refractivity contribution in [1.29, 1.82) is 0 Å². The number of quaternary nitrogens is 1. The molecule has 0 aromatic rings. The van der Waals surface area contributed by atoms with Crippen LogP contribution in [0, 0.1) is 0 Å². The molecule has 128 valence electrons. The van der Waals surface area contributed by atoms with Crippen LogP contribution >= 0.6 is 0 Å². The zero-order chi connectivity index (χ0) is 15.8. The Bertz CT molecular complexity index is 202. The lowest BCUT2D eigenvalue weighted by atomic mass is 10.1. The molecule has 0 saturated carbocycles. The first-order chi connectivity index (χ1) is 10.2. The van der Waals surface area contributed by atoms with E-state index < -0.39 is 0 Å². The molecule has 0 aliphatic heterocycles. The number of hydrogen-bond donors (Lipinski definition) is 1. The Hall–Kier alpha value is -0.0800. The molecule has 0 spiro atoms. The summed E-state index contributed by atoms with van der Waals surface area (Å²) in [7, 11) is 0. The standard InChI is InChI=1S/C19H42NO/c1-4-7-8-9-10-11-12-13-14-15-17-20(5-2,6-3)18-16-19-21/h21H,4-19H2,1-3H3/q+1. The summed E-state index contributed by atoms with van der Waals surface area (Å²) >= 11 is 0. The molecule has 0 heterocycles. The molecule has 0 aromatic heterocycles. The van der Waals surface area contributed by atoms with Gasteiger partial charge >= 0.3 is 0 Å². The second-order valence-corrected chi connectivity index (χ2v) is 6.68. The molecule has 2 heteroatoms. The van der Waals surface area contributed by atoms with Crippen LogP contribution in [0.1, 0.15) is 91.4 Å². The molecular formula is C19H42NO+. The van der Waals surface area contributed by atoms with Gasteiger partial charge in [-0.1, -0.05) is 58.3 Å². The normalized spacial score (nSPS) is 12.0. The number of aliphatic hydroxyl groups excluding tert-OH is 1. The Morgan fingerprint density at radius 2 is 1.00 bits per heavy atom. The highest BCUT2D eigenvalue weighted by atomic mass is 16.3. The zero-order valence-electron chi connectivity index (χ0n) is 15.2. The topological polar surface area (TPSA) is 20.2 Å². The van der Waals surface area contributed by atoms with Crippen molar-refractivity contribution in [2.24, 2.45) is 0 Å². The molecule has 1 N–H and O–H groups in total. The summed E-state index contributed by atoms with van der Waals surface area (Å²) in [5, 5.41) is 9.06. The van der Waals surface area contributed by atoms with Crippen molar-refractivity contribution in [3.05, 3.63) is 0 Å². The number of hydrogen-bond acceptors (Lipinski definition) is 1. The van der Waals surface area contributed by atoms with E-state index in [1.54, 1.807) is 0 Å². The number of unbranched alkanes of at least 4 members (excludes halogenated alkanes) is 9. The van der Waals surface area contributed by atoms with E-state index in [1.165, 1.54) is 88.3 Å². The minimum absolute atomic E-state index is 0.345. The molecule has 0 aliphatic carbocycles. The average molecular weight is 301 g/mol. The second kappa shape index (κ2) is 14.8. The first kappa shape index (κ1) is 20.9. The molecule has 0 bridgehead atoms. The van der Waals surface area contributed by atoms with Gasteiger partial charge in [0.05, 0.1) is 26.2 Å². The number of nitrogens with zero attached hydrogens (tertiary/aromatic N) is 1. The molecule has 0 atom stereocenters. The summed E-state index contributed by atoms with van der Waals surface area (Å²) in [4.78, 5) is 0. The van der Waals surface area contributed by atoms with Crippen molar-refractivity contribution in [3.8, 4) is 0 Å². The molecule has 0 fully saturated rings. The Morgan fingerprint density at radius 1 is 0.571 bits per heavy atom. The lowest BCUT2D eigenvalue weighted by Crippen LogP contribution is -2.49. The van der Waals surface area contributed by atoms with Gasteiger partial charge in [0.1, 0.15) is 0 Å². The maximum absolute atomic E-state index is 9.06. The molecule has 21 heavy (non-hydrogen) atoms. The van der Waals surface area contributed by atoms with Gasteiger partial charge in [0.15, 0.2) is 0 Å². The van der Waals surface area contributed by atoms with Crippen LogP contribution in [-0.2, 0) is 0 Å². The SMILES string of the molecule is CCCCCCCCCCCC[N+](CC)(CC)CCCO. The average Bonchev–Trinajstić information content (AvgIpc) is 2.52. The third kappa shape index (κ3) is 11.2. The molecule has 0 unspecified atom stereocenters. The summed E-state index contributed by atoms with van der Waals surface area (Å²) < 4.78 is 1.21. The van der Waals surface area contributed by atoms with E-state index in [1.807, 2.05) is 0 Å².